The number of nitrogens with one attached hydrogen (secondary N) is 2. The molecular formula is C9H5ClFN3O2. The standard InChI is InChI=1S/C9H5ClFN3O2/c10-6-2-1-4(11)8(13-6)5-3-7(15)14-9(16)12-5/h1-3H,(H2,12,14,15,16). The average molecular weight is 242 g/mol. The van der Waals surface area contributed by atoms with Crippen molar-refractivity contribution < 1.29 is 4.39 Å². The number of rotatable bonds is 1. The van der Waals surface area contributed by atoms with Gasteiger partial charge in [-0.2, -0.15) is 0 Å². The SMILES string of the molecule is O=c1cc(-c2nc(Cl)ccc2F)[nH]c(=O)[nH]1. The number of pyridine rings is 1. The number of H-pyrrole nitrogens is 2. The summed E-state index contributed by atoms with van der Waals surface area (Å²) in [7, 11) is 0. The molecule has 0 atom stereocenters. The highest BCUT2D eigenvalue weighted by atomic mass is 35.5. The van der Waals surface area contributed by atoms with Gasteiger partial charge in [-0.25, -0.2) is 14.2 Å². The Morgan fingerprint density at radius 3 is 2.69 bits per heavy atom. The first-order valence-electron chi connectivity index (χ1n) is 4.22. The van der Waals surface area contributed by atoms with Crippen LogP contribution in [-0.2, 0) is 0 Å². The lowest BCUT2D eigenvalue weighted by atomic mass is 10.2. The van der Waals surface area contributed by atoms with Crippen molar-refractivity contribution in [2.45, 2.75) is 0 Å². The molecule has 2 aromatic rings. The molecule has 16 heavy (non-hydrogen) atoms. The van der Waals surface area contributed by atoms with Gasteiger partial charge < -0.3 is 4.98 Å². The minimum atomic E-state index is -0.733. The second-order valence-electron chi connectivity index (χ2n) is 2.97. The molecule has 0 unspecified atom stereocenters. The fraction of sp³-hybridized carbons (Fsp3) is 0. The van der Waals surface area contributed by atoms with E-state index in [9.17, 15) is 14.0 Å². The van der Waals surface area contributed by atoms with Gasteiger partial charge in [-0.05, 0) is 12.1 Å². The zero-order valence-electron chi connectivity index (χ0n) is 7.75. The number of nitrogens with zero attached hydrogens (tertiary/aromatic N) is 1. The molecule has 7 heteroatoms. The maximum absolute atomic E-state index is 13.4. The monoisotopic (exact) mass is 241 g/mol. The van der Waals surface area contributed by atoms with Crippen molar-refractivity contribution in [1.29, 1.82) is 0 Å². The molecule has 2 rings (SSSR count). The highest BCUT2D eigenvalue weighted by molar-refractivity contribution is 6.29. The van der Waals surface area contributed by atoms with Crippen LogP contribution in [0.1, 0.15) is 0 Å². The molecule has 0 fully saturated rings. The van der Waals surface area contributed by atoms with E-state index in [0.29, 0.717) is 0 Å². The maximum atomic E-state index is 13.4. The molecule has 0 aliphatic heterocycles. The second kappa shape index (κ2) is 3.90. The lowest BCUT2D eigenvalue weighted by molar-refractivity contribution is 0.625. The zero-order chi connectivity index (χ0) is 11.7. The highest BCUT2D eigenvalue weighted by Crippen LogP contribution is 2.18. The van der Waals surface area contributed by atoms with Crippen molar-refractivity contribution in [3.8, 4) is 11.4 Å². The number of halogens is 2. The van der Waals surface area contributed by atoms with Crippen molar-refractivity contribution >= 4 is 11.6 Å². The molecule has 2 heterocycles. The molecule has 5 nitrogen and oxygen atoms in total. The Balaban J connectivity index is 2.71. The second-order valence-corrected chi connectivity index (χ2v) is 3.35. The van der Waals surface area contributed by atoms with Crippen molar-refractivity contribution in [3.63, 3.8) is 0 Å². The molecule has 2 N–H and O–H groups in total. The largest absolute Gasteiger partial charge is 0.326 e. The number of hydrogen-bond acceptors (Lipinski definition) is 3. The highest BCUT2D eigenvalue weighted by Gasteiger charge is 2.09. The molecule has 0 saturated heterocycles. The van der Waals surface area contributed by atoms with E-state index in [4.69, 9.17) is 11.6 Å². The maximum Gasteiger partial charge on any atom is 0.326 e. The average Bonchev–Trinajstić information content (AvgIpc) is 2.20. The van der Waals surface area contributed by atoms with Gasteiger partial charge in [0, 0.05) is 6.07 Å². The van der Waals surface area contributed by atoms with Gasteiger partial charge in [0.25, 0.3) is 5.56 Å². The van der Waals surface area contributed by atoms with E-state index in [-0.39, 0.29) is 16.5 Å². The van der Waals surface area contributed by atoms with E-state index in [0.717, 1.165) is 12.1 Å². The van der Waals surface area contributed by atoms with Crippen molar-refractivity contribution in [1.82, 2.24) is 15.0 Å². The Hall–Kier alpha value is -1.95. The summed E-state index contributed by atoms with van der Waals surface area (Å²) < 4.78 is 13.4. The zero-order valence-corrected chi connectivity index (χ0v) is 8.51. The van der Waals surface area contributed by atoms with Gasteiger partial charge in [-0.3, -0.25) is 9.78 Å². The molecule has 82 valence electrons. The topological polar surface area (TPSA) is 78.6 Å². The molecule has 2 aromatic heterocycles. The van der Waals surface area contributed by atoms with Crippen LogP contribution >= 0.6 is 11.6 Å². The van der Waals surface area contributed by atoms with Crippen LogP contribution in [0.25, 0.3) is 11.4 Å². The van der Waals surface area contributed by atoms with E-state index < -0.39 is 17.1 Å². The van der Waals surface area contributed by atoms with Gasteiger partial charge in [0.2, 0.25) is 0 Å². The first-order chi connectivity index (χ1) is 7.56. The van der Waals surface area contributed by atoms with Gasteiger partial charge in [0.15, 0.2) is 5.82 Å². The first kappa shape index (κ1) is 10.6. The molecule has 0 amide bonds. The molecule has 0 aliphatic carbocycles. The molecule has 0 bridgehead atoms. The van der Waals surface area contributed by atoms with Gasteiger partial charge in [-0.15, -0.1) is 0 Å². The van der Waals surface area contributed by atoms with Crippen molar-refractivity contribution in [2.24, 2.45) is 0 Å². The van der Waals surface area contributed by atoms with Crippen LogP contribution in [0.4, 0.5) is 4.39 Å². The summed E-state index contributed by atoms with van der Waals surface area (Å²) in [6.45, 7) is 0. The van der Waals surface area contributed by atoms with Crippen LogP contribution in [0.3, 0.4) is 0 Å². The predicted molar refractivity (Wildman–Crippen MR) is 55.9 cm³/mol. The first-order valence-corrected chi connectivity index (χ1v) is 4.60. The van der Waals surface area contributed by atoms with Crippen molar-refractivity contribution in [2.75, 3.05) is 0 Å². The molecule has 0 spiro atoms. The van der Waals surface area contributed by atoms with Gasteiger partial charge in [0.1, 0.15) is 10.8 Å². The van der Waals surface area contributed by atoms with Crippen LogP contribution in [0.2, 0.25) is 5.15 Å². The predicted octanol–water partition coefficient (Wildman–Crippen LogP) is 0.918. The van der Waals surface area contributed by atoms with Crippen molar-refractivity contribution in [3.05, 3.63) is 50.0 Å². The lowest BCUT2D eigenvalue weighted by Crippen LogP contribution is -2.21. The number of aromatic nitrogens is 3. The van der Waals surface area contributed by atoms with E-state index in [2.05, 4.69) is 9.97 Å². The molecule has 0 aliphatic rings. The Bertz CT molecular complexity index is 621. The minimum Gasteiger partial charge on any atom is -0.305 e. The smallest absolute Gasteiger partial charge is 0.305 e. The Morgan fingerprint density at radius 1 is 1.25 bits per heavy atom. The Labute approximate surface area is 92.9 Å². The Kier molecular flexibility index (Phi) is 2.57. The third kappa shape index (κ3) is 2.01. The number of hydrogen-bond donors (Lipinski definition) is 2. The third-order valence-electron chi connectivity index (χ3n) is 1.83. The summed E-state index contributed by atoms with van der Waals surface area (Å²) in [5.74, 6) is -0.675. The van der Waals surface area contributed by atoms with Crippen LogP contribution in [-0.4, -0.2) is 15.0 Å². The minimum absolute atomic E-state index is 0.0197. The fourth-order valence-corrected chi connectivity index (χ4v) is 1.35. The normalized spacial score (nSPS) is 10.4. The van der Waals surface area contributed by atoms with E-state index in [1.165, 1.54) is 6.07 Å². The van der Waals surface area contributed by atoms with E-state index in [1.807, 2.05) is 4.98 Å². The van der Waals surface area contributed by atoms with Gasteiger partial charge >= 0.3 is 5.69 Å². The quantitative estimate of drug-likeness (QED) is 0.729. The van der Waals surface area contributed by atoms with Gasteiger partial charge in [-0.1, -0.05) is 11.6 Å². The van der Waals surface area contributed by atoms with Crippen LogP contribution < -0.4 is 11.2 Å². The molecule has 0 aromatic carbocycles. The summed E-state index contributed by atoms with van der Waals surface area (Å²) in [5, 5.41) is 0.0672. The van der Waals surface area contributed by atoms with Crippen LogP contribution in [0.5, 0.6) is 0 Å². The van der Waals surface area contributed by atoms with E-state index >= 15 is 0 Å². The fourth-order valence-electron chi connectivity index (χ4n) is 1.20. The summed E-state index contributed by atoms with van der Waals surface area (Å²) in [5.41, 5.74) is -1.56. The van der Waals surface area contributed by atoms with Crippen LogP contribution in [0, 0.1) is 5.82 Å². The number of aromatic amines is 2. The Morgan fingerprint density at radius 2 is 2.00 bits per heavy atom. The summed E-state index contributed by atoms with van der Waals surface area (Å²) in [6, 6.07) is 3.40. The van der Waals surface area contributed by atoms with Crippen LogP contribution in [0.15, 0.2) is 27.8 Å². The molecular weight excluding hydrogens is 237 g/mol. The third-order valence-corrected chi connectivity index (χ3v) is 2.04. The lowest BCUT2D eigenvalue weighted by Gasteiger charge is -2.01. The molecule has 0 saturated carbocycles. The summed E-state index contributed by atoms with van der Waals surface area (Å²) >= 11 is 5.59. The summed E-state index contributed by atoms with van der Waals surface area (Å²) in [6.07, 6.45) is 0. The summed E-state index contributed by atoms with van der Waals surface area (Å²) in [4.78, 5) is 29.9. The van der Waals surface area contributed by atoms with Gasteiger partial charge in [0.05, 0.1) is 5.69 Å². The van der Waals surface area contributed by atoms with E-state index in [1.54, 1.807) is 0 Å². The molecule has 0 radical (unpaired) electrons.